The van der Waals surface area contributed by atoms with Gasteiger partial charge in [0.1, 0.15) is 18.0 Å². The van der Waals surface area contributed by atoms with Gasteiger partial charge in [-0.1, -0.05) is 0 Å². The first kappa shape index (κ1) is 19.8. The van der Waals surface area contributed by atoms with Crippen LogP contribution in [0.15, 0.2) is 17.0 Å². The number of hydrogen-bond donors (Lipinski definition) is 2. The number of rotatable bonds is 3. The average molecular weight is 415 g/mol. The van der Waals surface area contributed by atoms with E-state index in [2.05, 4.69) is 5.32 Å². The summed E-state index contributed by atoms with van der Waals surface area (Å²) < 4.78 is 95.6. The van der Waals surface area contributed by atoms with Crippen molar-refractivity contribution in [2.45, 2.75) is 47.8 Å². The molecule has 1 amide bonds. The number of benzene rings is 1. The number of hydrogen-bond acceptors (Lipinski definition) is 5. The molecule has 1 unspecified atom stereocenters. The van der Waals surface area contributed by atoms with Crippen molar-refractivity contribution < 1.29 is 45.0 Å². The van der Waals surface area contributed by atoms with Gasteiger partial charge in [-0.25, -0.2) is 17.2 Å². The Balaban J connectivity index is 2.06. The van der Waals surface area contributed by atoms with E-state index in [1.807, 2.05) is 0 Å². The number of ether oxygens (including phenoxy) is 1. The predicted octanol–water partition coefficient (Wildman–Crippen LogP) is 1.86. The van der Waals surface area contributed by atoms with Crippen LogP contribution in [0.4, 0.5) is 22.0 Å². The van der Waals surface area contributed by atoms with Gasteiger partial charge >= 0.3 is 5.51 Å². The van der Waals surface area contributed by atoms with E-state index >= 15 is 0 Å². The Labute approximate surface area is 150 Å². The summed E-state index contributed by atoms with van der Waals surface area (Å²) in [6, 6.07) is 1.37. The SMILES string of the molecule is O=C1CCC(Oc2ccc(S(=O)(=O)C(F)(F)F)c3c2CC(F)(F)[C@H]3O)CN1. The van der Waals surface area contributed by atoms with Gasteiger partial charge in [0.2, 0.25) is 5.91 Å². The van der Waals surface area contributed by atoms with Gasteiger partial charge in [0.25, 0.3) is 15.8 Å². The molecule has 2 atom stereocenters. The summed E-state index contributed by atoms with van der Waals surface area (Å²) in [4.78, 5) is 9.74. The smallest absolute Gasteiger partial charge is 0.488 e. The van der Waals surface area contributed by atoms with Crippen LogP contribution < -0.4 is 10.1 Å². The Morgan fingerprint density at radius 2 is 1.93 bits per heavy atom. The summed E-state index contributed by atoms with van der Waals surface area (Å²) in [6.45, 7) is 0.0646. The molecule has 1 aromatic rings. The molecular weight excluding hydrogens is 401 g/mol. The molecule has 1 aliphatic carbocycles. The standard InChI is InChI=1S/C15H14F5NO5S/c16-14(17)5-8-9(26-7-1-4-11(22)21-6-7)2-3-10(12(8)13(14)23)27(24,25)15(18,19)20/h2-3,7,13,23H,1,4-6H2,(H,21,22)/t7?,13-/m0/s1. The maximum absolute atomic E-state index is 14.0. The molecular formula is C15H14F5NO5S. The zero-order chi connectivity index (χ0) is 20.2. The molecule has 0 bridgehead atoms. The summed E-state index contributed by atoms with van der Waals surface area (Å²) in [5.41, 5.74) is -7.21. The Morgan fingerprint density at radius 3 is 2.48 bits per heavy atom. The molecule has 1 saturated heterocycles. The molecule has 1 aromatic carbocycles. The van der Waals surface area contributed by atoms with Crippen LogP contribution in [-0.2, 0) is 21.1 Å². The first-order valence-corrected chi connectivity index (χ1v) is 9.29. The second kappa shape index (κ2) is 6.30. The third-order valence-corrected chi connectivity index (χ3v) is 6.01. The largest absolute Gasteiger partial charge is 0.501 e. The number of nitrogens with one attached hydrogen (secondary N) is 1. The lowest BCUT2D eigenvalue weighted by Gasteiger charge is -2.25. The highest BCUT2D eigenvalue weighted by atomic mass is 32.2. The van der Waals surface area contributed by atoms with E-state index in [9.17, 15) is 40.3 Å². The Morgan fingerprint density at radius 1 is 1.26 bits per heavy atom. The Kier molecular flexibility index (Phi) is 4.62. The van der Waals surface area contributed by atoms with Crippen molar-refractivity contribution >= 4 is 15.7 Å². The van der Waals surface area contributed by atoms with Crippen LogP contribution in [0, 0.1) is 0 Å². The monoisotopic (exact) mass is 415 g/mol. The van der Waals surface area contributed by atoms with Gasteiger partial charge in [-0.05, 0) is 18.6 Å². The zero-order valence-corrected chi connectivity index (χ0v) is 14.3. The maximum Gasteiger partial charge on any atom is 0.501 e. The zero-order valence-electron chi connectivity index (χ0n) is 13.5. The van der Waals surface area contributed by atoms with Crippen molar-refractivity contribution in [2.24, 2.45) is 0 Å². The molecule has 0 aromatic heterocycles. The van der Waals surface area contributed by atoms with Crippen LogP contribution in [0.25, 0.3) is 0 Å². The van der Waals surface area contributed by atoms with Crippen LogP contribution in [0.5, 0.6) is 5.75 Å². The number of carbonyl (C=O) groups is 1. The van der Waals surface area contributed by atoms with E-state index < -0.39 is 55.9 Å². The van der Waals surface area contributed by atoms with Crippen molar-refractivity contribution in [1.82, 2.24) is 5.32 Å². The third kappa shape index (κ3) is 3.35. The lowest BCUT2D eigenvalue weighted by Crippen LogP contribution is -2.41. The Bertz CT molecular complexity index is 873. The van der Waals surface area contributed by atoms with E-state index in [4.69, 9.17) is 4.74 Å². The molecule has 1 heterocycles. The number of amides is 1. The first-order chi connectivity index (χ1) is 12.3. The number of alkyl halides is 5. The van der Waals surface area contributed by atoms with Crippen molar-refractivity contribution in [3.8, 4) is 5.75 Å². The summed E-state index contributed by atoms with van der Waals surface area (Å²) in [6.07, 6.45) is -4.13. The highest BCUT2D eigenvalue weighted by Crippen LogP contribution is 2.50. The highest BCUT2D eigenvalue weighted by molar-refractivity contribution is 7.92. The lowest BCUT2D eigenvalue weighted by molar-refractivity contribution is -0.123. The number of aliphatic hydroxyl groups excluding tert-OH is 1. The molecule has 2 aliphatic rings. The summed E-state index contributed by atoms with van der Waals surface area (Å²) in [5.74, 6) is -4.32. The molecule has 0 radical (unpaired) electrons. The fourth-order valence-electron chi connectivity index (χ4n) is 3.11. The van der Waals surface area contributed by atoms with E-state index in [1.54, 1.807) is 0 Å². The molecule has 27 heavy (non-hydrogen) atoms. The number of carbonyl (C=O) groups excluding carboxylic acids is 1. The molecule has 2 N–H and O–H groups in total. The molecule has 1 aliphatic heterocycles. The first-order valence-electron chi connectivity index (χ1n) is 7.81. The predicted molar refractivity (Wildman–Crippen MR) is 80.0 cm³/mol. The quantitative estimate of drug-likeness (QED) is 0.736. The van der Waals surface area contributed by atoms with Gasteiger partial charge in [0, 0.05) is 24.0 Å². The Hall–Kier alpha value is -1.95. The van der Waals surface area contributed by atoms with Gasteiger partial charge in [0.05, 0.1) is 11.4 Å². The summed E-state index contributed by atoms with van der Waals surface area (Å²) in [7, 11) is -5.95. The number of piperidine rings is 1. The molecule has 6 nitrogen and oxygen atoms in total. The van der Waals surface area contributed by atoms with Gasteiger partial charge in [-0.3, -0.25) is 4.79 Å². The second-order valence-electron chi connectivity index (χ2n) is 6.33. The minimum absolute atomic E-state index is 0.0646. The highest BCUT2D eigenvalue weighted by Gasteiger charge is 2.55. The van der Waals surface area contributed by atoms with Crippen molar-refractivity contribution in [3.05, 3.63) is 23.3 Å². The normalized spacial score (nSPS) is 25.0. The maximum atomic E-state index is 14.0. The molecule has 12 heteroatoms. The summed E-state index contributed by atoms with van der Waals surface area (Å²) in [5, 5.41) is 12.3. The van der Waals surface area contributed by atoms with Crippen LogP contribution in [0.2, 0.25) is 0 Å². The van der Waals surface area contributed by atoms with Gasteiger partial charge in [-0.15, -0.1) is 0 Å². The minimum atomic E-state index is -5.95. The van der Waals surface area contributed by atoms with Crippen molar-refractivity contribution in [2.75, 3.05) is 6.54 Å². The van der Waals surface area contributed by atoms with Crippen molar-refractivity contribution in [3.63, 3.8) is 0 Å². The molecule has 0 spiro atoms. The molecule has 3 rings (SSSR count). The van der Waals surface area contributed by atoms with Gasteiger partial charge in [-0.2, -0.15) is 13.2 Å². The van der Waals surface area contributed by atoms with Crippen LogP contribution in [0.1, 0.15) is 30.1 Å². The molecule has 0 saturated carbocycles. The molecule has 1 fully saturated rings. The topological polar surface area (TPSA) is 92.7 Å². The lowest BCUT2D eigenvalue weighted by atomic mass is 10.1. The fourth-order valence-corrected chi connectivity index (χ4v) is 4.13. The molecule has 150 valence electrons. The number of sulfone groups is 1. The minimum Gasteiger partial charge on any atom is -0.488 e. The third-order valence-electron chi connectivity index (χ3n) is 4.47. The van der Waals surface area contributed by atoms with Gasteiger partial charge in [0.15, 0.2) is 0 Å². The summed E-state index contributed by atoms with van der Waals surface area (Å²) >= 11 is 0. The van der Waals surface area contributed by atoms with Crippen molar-refractivity contribution in [1.29, 1.82) is 0 Å². The van der Waals surface area contributed by atoms with E-state index in [1.165, 1.54) is 0 Å². The number of fused-ring (bicyclic) bond motifs is 1. The van der Waals surface area contributed by atoms with E-state index in [0.29, 0.717) is 6.07 Å². The van der Waals surface area contributed by atoms with Crippen LogP contribution in [-0.4, -0.2) is 43.5 Å². The number of halogens is 5. The van der Waals surface area contributed by atoms with Crippen LogP contribution in [0.3, 0.4) is 0 Å². The number of aliphatic hydroxyl groups is 1. The van der Waals surface area contributed by atoms with Gasteiger partial charge < -0.3 is 15.2 Å². The van der Waals surface area contributed by atoms with Crippen LogP contribution >= 0.6 is 0 Å². The van der Waals surface area contributed by atoms with E-state index in [-0.39, 0.29) is 31.0 Å². The fraction of sp³-hybridized carbons (Fsp3) is 0.533. The average Bonchev–Trinajstić information content (AvgIpc) is 2.79. The second-order valence-corrected chi connectivity index (χ2v) is 8.24. The van der Waals surface area contributed by atoms with E-state index in [0.717, 1.165) is 6.07 Å².